The van der Waals surface area contributed by atoms with Gasteiger partial charge < -0.3 is 4.74 Å². The highest BCUT2D eigenvalue weighted by Crippen LogP contribution is 2.24. The summed E-state index contributed by atoms with van der Waals surface area (Å²) in [7, 11) is 0. The first-order valence-electron chi connectivity index (χ1n) is 6.11. The fraction of sp³-hybridized carbons (Fsp3) is 0.333. The van der Waals surface area contributed by atoms with Crippen LogP contribution in [0, 0.1) is 40.2 Å². The standard InChI is InChI=1S/C15H14F2N2O/c1-10(2)3-4-20-14-7-11(5-12(8-18)9-19)6-13(16)15(14)17/h5-7,10H,3-4H2,1-2H3. The molecule has 0 bridgehead atoms. The molecule has 0 aromatic heterocycles. The van der Waals surface area contributed by atoms with Crippen LogP contribution in [0.3, 0.4) is 0 Å². The molecule has 1 aromatic carbocycles. The van der Waals surface area contributed by atoms with Gasteiger partial charge in [0, 0.05) is 0 Å². The van der Waals surface area contributed by atoms with Crippen molar-refractivity contribution in [2.24, 2.45) is 5.92 Å². The maximum atomic E-state index is 13.6. The molecule has 0 aliphatic heterocycles. The normalized spacial score (nSPS) is 9.75. The molecule has 0 radical (unpaired) electrons. The molecule has 0 atom stereocenters. The second-order valence-electron chi connectivity index (χ2n) is 4.63. The summed E-state index contributed by atoms with van der Waals surface area (Å²) in [4.78, 5) is 0. The fourth-order valence-corrected chi connectivity index (χ4v) is 1.43. The Labute approximate surface area is 116 Å². The van der Waals surface area contributed by atoms with Crippen LogP contribution in [0.15, 0.2) is 17.7 Å². The van der Waals surface area contributed by atoms with Crippen molar-refractivity contribution >= 4 is 6.08 Å². The molecular weight excluding hydrogens is 262 g/mol. The Morgan fingerprint density at radius 1 is 1.30 bits per heavy atom. The molecule has 0 heterocycles. The van der Waals surface area contributed by atoms with E-state index in [1.54, 1.807) is 12.1 Å². The average Bonchev–Trinajstić information content (AvgIpc) is 2.40. The van der Waals surface area contributed by atoms with Crippen molar-refractivity contribution in [1.82, 2.24) is 0 Å². The molecule has 0 spiro atoms. The number of hydrogen-bond donors (Lipinski definition) is 0. The molecule has 0 aliphatic carbocycles. The Morgan fingerprint density at radius 2 is 1.95 bits per heavy atom. The van der Waals surface area contributed by atoms with E-state index in [1.165, 1.54) is 12.1 Å². The van der Waals surface area contributed by atoms with Crippen molar-refractivity contribution < 1.29 is 13.5 Å². The second-order valence-corrected chi connectivity index (χ2v) is 4.63. The Morgan fingerprint density at radius 3 is 2.50 bits per heavy atom. The topological polar surface area (TPSA) is 56.8 Å². The maximum Gasteiger partial charge on any atom is 0.200 e. The van der Waals surface area contributed by atoms with Crippen LogP contribution in [0.5, 0.6) is 5.75 Å². The summed E-state index contributed by atoms with van der Waals surface area (Å²) in [5.41, 5.74) is 0.0192. The van der Waals surface area contributed by atoms with Gasteiger partial charge in [0.15, 0.2) is 11.6 Å². The van der Waals surface area contributed by atoms with Gasteiger partial charge in [-0.25, -0.2) is 4.39 Å². The molecule has 5 heteroatoms. The Bertz CT molecular complexity index is 579. The molecule has 1 rings (SSSR count). The number of halogens is 2. The minimum absolute atomic E-state index is 0.191. The monoisotopic (exact) mass is 276 g/mol. The largest absolute Gasteiger partial charge is 0.490 e. The van der Waals surface area contributed by atoms with E-state index in [9.17, 15) is 8.78 Å². The lowest BCUT2D eigenvalue weighted by Gasteiger charge is -2.10. The minimum Gasteiger partial charge on any atom is -0.490 e. The van der Waals surface area contributed by atoms with Crippen molar-refractivity contribution in [3.8, 4) is 17.9 Å². The minimum atomic E-state index is -1.08. The van der Waals surface area contributed by atoms with E-state index >= 15 is 0 Å². The van der Waals surface area contributed by atoms with E-state index < -0.39 is 11.6 Å². The van der Waals surface area contributed by atoms with Crippen LogP contribution >= 0.6 is 0 Å². The SMILES string of the molecule is CC(C)CCOc1cc(C=C(C#N)C#N)cc(F)c1F. The third-order valence-electron chi connectivity index (χ3n) is 2.52. The molecule has 0 aliphatic rings. The first-order chi connectivity index (χ1) is 9.47. The van der Waals surface area contributed by atoms with Crippen LogP contribution in [0.4, 0.5) is 8.78 Å². The lowest BCUT2D eigenvalue weighted by atomic mass is 10.1. The highest BCUT2D eigenvalue weighted by Gasteiger charge is 2.12. The molecule has 104 valence electrons. The van der Waals surface area contributed by atoms with Gasteiger partial charge in [0.05, 0.1) is 6.61 Å². The number of benzene rings is 1. The molecule has 0 N–H and O–H groups in total. The number of allylic oxidation sites excluding steroid dienone is 1. The summed E-state index contributed by atoms with van der Waals surface area (Å²) in [6, 6.07) is 5.50. The van der Waals surface area contributed by atoms with Crippen LogP contribution in [0.2, 0.25) is 0 Å². The van der Waals surface area contributed by atoms with Crippen molar-refractivity contribution in [1.29, 1.82) is 10.5 Å². The van der Waals surface area contributed by atoms with Crippen molar-refractivity contribution in [2.45, 2.75) is 20.3 Å². The molecule has 0 saturated heterocycles. The summed E-state index contributed by atoms with van der Waals surface area (Å²) < 4.78 is 32.2. The van der Waals surface area contributed by atoms with Gasteiger partial charge in [0.1, 0.15) is 17.7 Å². The zero-order valence-electron chi connectivity index (χ0n) is 11.3. The van der Waals surface area contributed by atoms with Gasteiger partial charge in [-0.2, -0.15) is 14.9 Å². The predicted molar refractivity (Wildman–Crippen MR) is 70.5 cm³/mol. The van der Waals surface area contributed by atoms with E-state index in [0.29, 0.717) is 12.3 Å². The Hall–Kier alpha value is -2.40. The quantitative estimate of drug-likeness (QED) is 0.768. The summed E-state index contributed by atoms with van der Waals surface area (Å²) in [6.45, 7) is 4.25. The lowest BCUT2D eigenvalue weighted by molar-refractivity contribution is 0.272. The van der Waals surface area contributed by atoms with E-state index in [4.69, 9.17) is 15.3 Å². The van der Waals surface area contributed by atoms with Gasteiger partial charge in [0.25, 0.3) is 0 Å². The van der Waals surface area contributed by atoms with Gasteiger partial charge >= 0.3 is 0 Å². The number of nitrogens with zero attached hydrogens (tertiary/aromatic N) is 2. The number of nitriles is 2. The molecule has 20 heavy (non-hydrogen) atoms. The van der Waals surface area contributed by atoms with E-state index in [2.05, 4.69) is 0 Å². The first-order valence-corrected chi connectivity index (χ1v) is 6.11. The third kappa shape index (κ3) is 4.37. The number of hydrogen-bond acceptors (Lipinski definition) is 3. The zero-order valence-corrected chi connectivity index (χ0v) is 11.3. The van der Waals surface area contributed by atoms with Crippen molar-refractivity contribution in [3.63, 3.8) is 0 Å². The third-order valence-corrected chi connectivity index (χ3v) is 2.52. The zero-order chi connectivity index (χ0) is 15.1. The van der Waals surface area contributed by atoms with Crippen molar-refractivity contribution in [2.75, 3.05) is 6.61 Å². The first kappa shape index (κ1) is 15.7. The van der Waals surface area contributed by atoms with E-state index in [-0.39, 0.29) is 23.5 Å². The molecule has 0 unspecified atom stereocenters. The van der Waals surface area contributed by atoms with Gasteiger partial charge in [-0.15, -0.1) is 0 Å². The van der Waals surface area contributed by atoms with Gasteiger partial charge in [-0.1, -0.05) is 13.8 Å². The molecule has 1 aromatic rings. The number of rotatable bonds is 5. The summed E-state index contributed by atoms with van der Waals surface area (Å²) in [5, 5.41) is 17.3. The average molecular weight is 276 g/mol. The number of ether oxygens (including phenoxy) is 1. The fourth-order valence-electron chi connectivity index (χ4n) is 1.43. The highest BCUT2D eigenvalue weighted by molar-refractivity contribution is 5.63. The molecule has 3 nitrogen and oxygen atoms in total. The van der Waals surface area contributed by atoms with Crippen LogP contribution in [0.25, 0.3) is 6.08 Å². The summed E-state index contributed by atoms with van der Waals surface area (Å²) in [6.07, 6.45) is 1.89. The molecule has 0 saturated carbocycles. The highest BCUT2D eigenvalue weighted by atomic mass is 19.2. The van der Waals surface area contributed by atoms with Crippen LogP contribution in [-0.4, -0.2) is 6.61 Å². The van der Waals surface area contributed by atoms with Gasteiger partial charge in [-0.3, -0.25) is 0 Å². The van der Waals surface area contributed by atoms with Crippen LogP contribution < -0.4 is 4.74 Å². The lowest BCUT2D eigenvalue weighted by Crippen LogP contribution is -2.04. The Kier molecular flexibility index (Phi) is 5.68. The van der Waals surface area contributed by atoms with Gasteiger partial charge in [-0.05, 0) is 36.1 Å². The summed E-state index contributed by atoms with van der Waals surface area (Å²) in [5.74, 6) is -1.98. The smallest absolute Gasteiger partial charge is 0.200 e. The van der Waals surface area contributed by atoms with Crippen LogP contribution in [0.1, 0.15) is 25.8 Å². The molecule has 0 amide bonds. The van der Waals surface area contributed by atoms with Crippen molar-refractivity contribution in [3.05, 3.63) is 34.9 Å². The molecular formula is C15H14F2N2O. The van der Waals surface area contributed by atoms with E-state index in [1.807, 2.05) is 13.8 Å². The maximum absolute atomic E-state index is 13.6. The second kappa shape index (κ2) is 7.25. The molecule has 0 fully saturated rings. The predicted octanol–water partition coefficient (Wildman–Crippen LogP) is 3.82. The van der Waals surface area contributed by atoms with Gasteiger partial charge in [0.2, 0.25) is 5.82 Å². The summed E-state index contributed by atoms with van der Waals surface area (Å²) >= 11 is 0. The Balaban J connectivity index is 3.02. The van der Waals surface area contributed by atoms with Crippen LogP contribution in [-0.2, 0) is 0 Å². The van der Waals surface area contributed by atoms with E-state index in [0.717, 1.165) is 6.07 Å².